The molecule has 0 unspecified atom stereocenters. The van der Waals surface area contributed by atoms with Crippen LogP contribution in [-0.4, -0.2) is 52.5 Å². The number of para-hydroxylation sites is 1. The van der Waals surface area contributed by atoms with Crippen LogP contribution in [0.2, 0.25) is 0 Å². The van der Waals surface area contributed by atoms with Crippen LogP contribution in [0.3, 0.4) is 0 Å². The molecule has 1 fully saturated rings. The third-order valence-corrected chi connectivity index (χ3v) is 5.31. The van der Waals surface area contributed by atoms with Gasteiger partial charge in [-0.2, -0.15) is 0 Å². The van der Waals surface area contributed by atoms with Gasteiger partial charge in [-0.15, -0.1) is 0 Å². The third-order valence-electron chi connectivity index (χ3n) is 5.31. The topological polar surface area (TPSA) is 60.0 Å². The minimum Gasteiger partial charge on any atom is -0.497 e. The highest BCUT2D eigenvalue weighted by Gasteiger charge is 2.23. The SMILES string of the molecule is COc1ccc2c(c1)OC[C@H](CNC(=O)c1ccccc1N1CCOCC1)C2. The van der Waals surface area contributed by atoms with Gasteiger partial charge in [0.15, 0.2) is 0 Å². The summed E-state index contributed by atoms with van der Waals surface area (Å²) in [7, 11) is 1.65. The monoisotopic (exact) mass is 382 g/mol. The number of anilines is 1. The Morgan fingerprint density at radius 3 is 2.86 bits per heavy atom. The van der Waals surface area contributed by atoms with Crippen LogP contribution >= 0.6 is 0 Å². The van der Waals surface area contributed by atoms with E-state index in [1.54, 1.807) is 7.11 Å². The number of hydrogen-bond donors (Lipinski definition) is 1. The standard InChI is InChI=1S/C22H26N2O4/c1-26-18-7-6-17-12-16(15-28-21(17)13-18)14-23-22(25)19-4-2-3-5-20(19)24-8-10-27-11-9-24/h2-7,13,16H,8-12,14-15H2,1H3,(H,23,25)/t16-/m0/s1. The van der Waals surface area contributed by atoms with E-state index in [2.05, 4.69) is 10.2 Å². The average Bonchev–Trinajstić information content (AvgIpc) is 2.77. The van der Waals surface area contributed by atoms with E-state index in [0.717, 1.165) is 42.3 Å². The molecular formula is C22H26N2O4. The van der Waals surface area contributed by atoms with Gasteiger partial charge in [-0.1, -0.05) is 18.2 Å². The first-order valence-corrected chi connectivity index (χ1v) is 9.74. The molecule has 1 saturated heterocycles. The van der Waals surface area contributed by atoms with Crippen LogP contribution in [0.4, 0.5) is 5.69 Å². The smallest absolute Gasteiger partial charge is 0.253 e. The molecule has 2 aromatic carbocycles. The summed E-state index contributed by atoms with van der Waals surface area (Å²) in [6.07, 6.45) is 0.880. The van der Waals surface area contributed by atoms with Crippen molar-refractivity contribution in [3.8, 4) is 11.5 Å². The minimum absolute atomic E-state index is 0.0392. The summed E-state index contributed by atoms with van der Waals surface area (Å²) in [6.45, 7) is 4.18. The van der Waals surface area contributed by atoms with Gasteiger partial charge in [0.05, 0.1) is 32.5 Å². The van der Waals surface area contributed by atoms with Gasteiger partial charge >= 0.3 is 0 Å². The molecule has 2 aromatic rings. The van der Waals surface area contributed by atoms with E-state index in [4.69, 9.17) is 14.2 Å². The van der Waals surface area contributed by atoms with Gasteiger partial charge in [-0.3, -0.25) is 4.79 Å². The van der Waals surface area contributed by atoms with E-state index in [1.807, 2.05) is 42.5 Å². The molecule has 1 atom stereocenters. The van der Waals surface area contributed by atoms with Crippen molar-refractivity contribution in [1.82, 2.24) is 5.32 Å². The normalized spacial score (nSPS) is 18.8. The number of nitrogens with zero attached hydrogens (tertiary/aromatic N) is 1. The van der Waals surface area contributed by atoms with Crippen LogP contribution in [0.15, 0.2) is 42.5 Å². The second-order valence-electron chi connectivity index (χ2n) is 7.18. The molecule has 1 amide bonds. The lowest BCUT2D eigenvalue weighted by Gasteiger charge is -2.30. The molecule has 0 aliphatic carbocycles. The summed E-state index contributed by atoms with van der Waals surface area (Å²) >= 11 is 0. The number of carbonyl (C=O) groups excluding carboxylic acids is 1. The van der Waals surface area contributed by atoms with Crippen LogP contribution in [0, 0.1) is 5.92 Å². The van der Waals surface area contributed by atoms with E-state index in [1.165, 1.54) is 0 Å². The van der Waals surface area contributed by atoms with Crippen molar-refractivity contribution in [2.75, 3.05) is 51.5 Å². The van der Waals surface area contributed by atoms with Crippen molar-refractivity contribution in [3.05, 3.63) is 53.6 Å². The van der Waals surface area contributed by atoms with Gasteiger partial charge in [-0.05, 0) is 30.2 Å². The van der Waals surface area contributed by atoms with E-state index >= 15 is 0 Å². The first-order valence-electron chi connectivity index (χ1n) is 9.74. The predicted molar refractivity (Wildman–Crippen MR) is 107 cm³/mol. The summed E-state index contributed by atoms with van der Waals surface area (Å²) in [5.41, 5.74) is 2.84. The van der Waals surface area contributed by atoms with Gasteiger partial charge in [0.1, 0.15) is 11.5 Å². The number of rotatable bonds is 5. The number of ether oxygens (including phenoxy) is 3. The summed E-state index contributed by atoms with van der Waals surface area (Å²) < 4.78 is 16.6. The zero-order chi connectivity index (χ0) is 19.3. The largest absolute Gasteiger partial charge is 0.497 e. The highest BCUT2D eigenvalue weighted by atomic mass is 16.5. The highest BCUT2D eigenvalue weighted by Crippen LogP contribution is 2.31. The Morgan fingerprint density at radius 2 is 2.04 bits per heavy atom. The van der Waals surface area contributed by atoms with Crippen LogP contribution in [0.25, 0.3) is 0 Å². The van der Waals surface area contributed by atoms with E-state index in [-0.39, 0.29) is 11.8 Å². The fourth-order valence-corrected chi connectivity index (χ4v) is 3.75. The lowest BCUT2D eigenvalue weighted by atomic mass is 9.96. The lowest BCUT2D eigenvalue weighted by Crippen LogP contribution is -2.39. The Morgan fingerprint density at radius 1 is 1.21 bits per heavy atom. The van der Waals surface area contributed by atoms with Crippen molar-refractivity contribution in [3.63, 3.8) is 0 Å². The second kappa shape index (κ2) is 8.52. The molecule has 6 heteroatoms. The van der Waals surface area contributed by atoms with Gasteiger partial charge < -0.3 is 24.4 Å². The van der Waals surface area contributed by atoms with E-state index in [9.17, 15) is 4.79 Å². The number of morpholine rings is 1. The molecule has 2 aliphatic heterocycles. The van der Waals surface area contributed by atoms with Crippen molar-refractivity contribution in [2.45, 2.75) is 6.42 Å². The Bertz CT molecular complexity index is 833. The summed E-state index contributed by atoms with van der Waals surface area (Å²) in [6, 6.07) is 13.7. The highest BCUT2D eigenvalue weighted by molar-refractivity contribution is 5.99. The van der Waals surface area contributed by atoms with Gasteiger partial charge in [0, 0.05) is 37.3 Å². The zero-order valence-corrected chi connectivity index (χ0v) is 16.1. The average molecular weight is 382 g/mol. The fourth-order valence-electron chi connectivity index (χ4n) is 3.75. The third kappa shape index (κ3) is 4.07. The molecule has 0 bridgehead atoms. The van der Waals surface area contributed by atoms with Crippen molar-refractivity contribution >= 4 is 11.6 Å². The first kappa shape index (κ1) is 18.6. The zero-order valence-electron chi connectivity index (χ0n) is 16.1. The number of amides is 1. The number of nitrogens with one attached hydrogen (secondary N) is 1. The molecule has 0 radical (unpaired) electrons. The number of benzene rings is 2. The molecule has 2 aliphatic rings. The van der Waals surface area contributed by atoms with Crippen LogP contribution in [0.1, 0.15) is 15.9 Å². The number of hydrogen-bond acceptors (Lipinski definition) is 5. The Kier molecular flexibility index (Phi) is 5.67. The molecule has 0 aromatic heterocycles. The lowest BCUT2D eigenvalue weighted by molar-refractivity contribution is 0.0937. The van der Waals surface area contributed by atoms with Gasteiger partial charge in [-0.25, -0.2) is 0 Å². The van der Waals surface area contributed by atoms with Crippen molar-refractivity contribution < 1.29 is 19.0 Å². The Balaban J connectivity index is 1.38. The second-order valence-corrected chi connectivity index (χ2v) is 7.18. The summed E-state index contributed by atoms with van der Waals surface area (Å²) in [4.78, 5) is 15.1. The van der Waals surface area contributed by atoms with Crippen LogP contribution in [-0.2, 0) is 11.2 Å². The fraction of sp³-hybridized carbons (Fsp3) is 0.409. The quantitative estimate of drug-likeness (QED) is 0.861. The first-order chi connectivity index (χ1) is 13.7. The Hall–Kier alpha value is -2.73. The molecule has 28 heavy (non-hydrogen) atoms. The minimum atomic E-state index is -0.0392. The number of carbonyl (C=O) groups is 1. The summed E-state index contributed by atoms with van der Waals surface area (Å²) in [5.74, 6) is 1.88. The van der Waals surface area contributed by atoms with Gasteiger partial charge in [0.25, 0.3) is 5.91 Å². The van der Waals surface area contributed by atoms with Crippen molar-refractivity contribution in [2.24, 2.45) is 5.92 Å². The molecule has 4 rings (SSSR count). The van der Waals surface area contributed by atoms with Crippen LogP contribution < -0.4 is 19.7 Å². The molecule has 0 saturated carbocycles. The van der Waals surface area contributed by atoms with Crippen LogP contribution in [0.5, 0.6) is 11.5 Å². The Labute approximate surface area is 165 Å². The van der Waals surface area contributed by atoms with Gasteiger partial charge in [0.2, 0.25) is 0 Å². The number of methoxy groups -OCH3 is 1. The van der Waals surface area contributed by atoms with E-state index in [0.29, 0.717) is 31.9 Å². The van der Waals surface area contributed by atoms with E-state index < -0.39 is 0 Å². The van der Waals surface area contributed by atoms with Crippen molar-refractivity contribution in [1.29, 1.82) is 0 Å². The molecule has 148 valence electrons. The molecular weight excluding hydrogens is 356 g/mol. The predicted octanol–water partition coefficient (Wildman–Crippen LogP) is 2.51. The maximum absolute atomic E-state index is 12.9. The molecule has 2 heterocycles. The molecule has 0 spiro atoms. The maximum Gasteiger partial charge on any atom is 0.253 e. The summed E-state index contributed by atoms with van der Waals surface area (Å²) in [5, 5.41) is 3.10. The molecule has 1 N–H and O–H groups in total. The maximum atomic E-state index is 12.9. The number of fused-ring (bicyclic) bond motifs is 1. The molecule has 6 nitrogen and oxygen atoms in total.